The fourth-order valence-electron chi connectivity index (χ4n) is 2.29. The lowest BCUT2D eigenvalue weighted by molar-refractivity contribution is 0.601. The van der Waals surface area contributed by atoms with Crippen LogP contribution in [0.15, 0.2) is 82.2 Å². The summed E-state index contributed by atoms with van der Waals surface area (Å²) in [6.07, 6.45) is 0. The van der Waals surface area contributed by atoms with E-state index in [1.165, 1.54) is 0 Å². The third-order valence-electron chi connectivity index (χ3n) is 3.67. The van der Waals surface area contributed by atoms with Crippen molar-refractivity contribution < 1.29 is 8.42 Å². The summed E-state index contributed by atoms with van der Waals surface area (Å²) in [5.74, 6) is 6.10. The first-order valence-corrected chi connectivity index (χ1v) is 10.2. The Morgan fingerprint density at radius 1 is 0.885 bits per heavy atom. The molecule has 0 saturated carbocycles. The molecule has 5 heteroatoms. The van der Waals surface area contributed by atoms with E-state index in [-0.39, 0.29) is 4.90 Å². The summed E-state index contributed by atoms with van der Waals surface area (Å²) in [5.41, 5.74) is 2.90. The summed E-state index contributed by atoms with van der Waals surface area (Å²) < 4.78 is 28.8. The van der Waals surface area contributed by atoms with Crippen molar-refractivity contribution in [2.24, 2.45) is 0 Å². The van der Waals surface area contributed by atoms with E-state index in [1.54, 1.807) is 36.4 Å². The number of anilines is 1. The summed E-state index contributed by atoms with van der Waals surface area (Å²) in [7, 11) is -3.69. The summed E-state index contributed by atoms with van der Waals surface area (Å²) >= 11 is 3.38. The minimum atomic E-state index is -3.69. The molecule has 0 heterocycles. The van der Waals surface area contributed by atoms with Gasteiger partial charge in [-0.05, 0) is 49.4 Å². The van der Waals surface area contributed by atoms with Gasteiger partial charge in [0.05, 0.1) is 10.6 Å². The molecule has 3 aromatic carbocycles. The second-order valence-electron chi connectivity index (χ2n) is 5.72. The van der Waals surface area contributed by atoms with Gasteiger partial charge in [0.15, 0.2) is 0 Å². The minimum Gasteiger partial charge on any atom is -0.278 e. The summed E-state index contributed by atoms with van der Waals surface area (Å²) in [5, 5.41) is 0. The highest BCUT2D eigenvalue weighted by molar-refractivity contribution is 9.10. The third-order valence-corrected chi connectivity index (χ3v) is 5.55. The van der Waals surface area contributed by atoms with Crippen LogP contribution in [0.2, 0.25) is 0 Å². The Bertz CT molecular complexity index is 1080. The molecule has 0 bridgehead atoms. The molecule has 0 spiro atoms. The van der Waals surface area contributed by atoms with Crippen molar-refractivity contribution in [3.8, 4) is 11.8 Å². The van der Waals surface area contributed by atoms with Gasteiger partial charge in [0, 0.05) is 15.6 Å². The molecule has 0 aliphatic carbocycles. The van der Waals surface area contributed by atoms with Gasteiger partial charge in [-0.25, -0.2) is 8.42 Å². The maximum absolute atomic E-state index is 12.7. The topological polar surface area (TPSA) is 46.2 Å². The van der Waals surface area contributed by atoms with Gasteiger partial charge >= 0.3 is 0 Å². The van der Waals surface area contributed by atoms with Crippen LogP contribution in [-0.4, -0.2) is 8.42 Å². The van der Waals surface area contributed by atoms with E-state index in [0.717, 1.165) is 15.6 Å². The van der Waals surface area contributed by atoms with Gasteiger partial charge in [-0.15, -0.1) is 0 Å². The highest BCUT2D eigenvalue weighted by Gasteiger charge is 2.15. The largest absolute Gasteiger partial charge is 0.278 e. The maximum Gasteiger partial charge on any atom is 0.261 e. The molecule has 0 saturated heterocycles. The van der Waals surface area contributed by atoms with Crippen LogP contribution in [0.4, 0.5) is 5.69 Å². The predicted molar refractivity (Wildman–Crippen MR) is 109 cm³/mol. The van der Waals surface area contributed by atoms with Gasteiger partial charge in [0.25, 0.3) is 10.0 Å². The molecular formula is C21H16BrNO2S. The van der Waals surface area contributed by atoms with Crippen LogP contribution in [0.25, 0.3) is 0 Å². The van der Waals surface area contributed by atoms with Crippen LogP contribution in [0.3, 0.4) is 0 Å². The number of rotatable bonds is 3. The molecule has 3 rings (SSSR count). The Kier molecular flexibility index (Phi) is 5.46. The Morgan fingerprint density at radius 3 is 2.27 bits per heavy atom. The van der Waals surface area contributed by atoms with Gasteiger partial charge in [-0.1, -0.05) is 63.7 Å². The summed E-state index contributed by atoms with van der Waals surface area (Å²) in [4.78, 5) is 0.213. The van der Waals surface area contributed by atoms with Crippen LogP contribution in [0.1, 0.15) is 16.7 Å². The first-order valence-electron chi connectivity index (χ1n) is 7.90. The van der Waals surface area contributed by atoms with Gasteiger partial charge in [0.1, 0.15) is 0 Å². The van der Waals surface area contributed by atoms with Crippen LogP contribution < -0.4 is 4.72 Å². The van der Waals surface area contributed by atoms with E-state index in [2.05, 4.69) is 32.5 Å². The molecule has 130 valence electrons. The molecule has 0 aliphatic rings. The van der Waals surface area contributed by atoms with E-state index in [4.69, 9.17) is 0 Å². The van der Waals surface area contributed by atoms with Crippen molar-refractivity contribution in [3.05, 3.63) is 94.0 Å². The normalized spacial score (nSPS) is 10.7. The molecule has 0 unspecified atom stereocenters. The molecule has 0 amide bonds. The number of halogens is 1. The van der Waals surface area contributed by atoms with E-state index in [1.807, 2.05) is 43.3 Å². The average Bonchev–Trinajstić information content (AvgIpc) is 2.62. The lowest BCUT2D eigenvalue weighted by atomic mass is 10.1. The van der Waals surface area contributed by atoms with Crippen molar-refractivity contribution in [2.75, 3.05) is 4.72 Å². The van der Waals surface area contributed by atoms with Gasteiger partial charge < -0.3 is 0 Å². The molecule has 1 N–H and O–H groups in total. The smallest absolute Gasteiger partial charge is 0.261 e. The zero-order valence-corrected chi connectivity index (χ0v) is 16.4. The molecule has 0 atom stereocenters. The SMILES string of the molecule is Cc1ccc(S(=O)(=O)Nc2cc(Br)ccc2C#Cc2ccccc2)cc1. The first-order chi connectivity index (χ1) is 12.4. The van der Waals surface area contributed by atoms with Crippen LogP contribution in [0, 0.1) is 18.8 Å². The maximum atomic E-state index is 12.7. The number of aryl methyl sites for hydroxylation is 1. The first kappa shape index (κ1) is 18.2. The second-order valence-corrected chi connectivity index (χ2v) is 8.32. The lowest BCUT2D eigenvalue weighted by Gasteiger charge is -2.11. The number of benzene rings is 3. The molecule has 0 aliphatic heterocycles. The Morgan fingerprint density at radius 2 is 1.58 bits per heavy atom. The molecular weight excluding hydrogens is 410 g/mol. The number of hydrogen-bond donors (Lipinski definition) is 1. The molecule has 0 radical (unpaired) electrons. The second kappa shape index (κ2) is 7.77. The fourth-order valence-corrected chi connectivity index (χ4v) is 3.72. The third kappa shape index (κ3) is 4.54. The highest BCUT2D eigenvalue weighted by Crippen LogP contribution is 2.24. The molecule has 0 aromatic heterocycles. The Hall–Kier alpha value is -2.55. The van der Waals surface area contributed by atoms with Crippen LogP contribution in [-0.2, 0) is 10.0 Å². The quantitative estimate of drug-likeness (QED) is 0.602. The fraction of sp³-hybridized carbons (Fsp3) is 0.0476. The average molecular weight is 426 g/mol. The highest BCUT2D eigenvalue weighted by atomic mass is 79.9. The zero-order chi connectivity index (χ0) is 18.6. The predicted octanol–water partition coefficient (Wildman–Crippen LogP) is 4.96. The number of nitrogens with one attached hydrogen (secondary N) is 1. The molecule has 3 nitrogen and oxygen atoms in total. The standard InChI is InChI=1S/C21H16BrNO2S/c1-16-7-13-20(14-8-16)26(24,25)23-21-15-19(22)12-11-18(21)10-9-17-5-3-2-4-6-17/h2-8,11-15,23H,1H3. The van der Waals surface area contributed by atoms with Crippen molar-refractivity contribution in [2.45, 2.75) is 11.8 Å². The summed E-state index contributed by atoms with van der Waals surface area (Å²) in [6.45, 7) is 1.91. The Labute approximate surface area is 162 Å². The van der Waals surface area contributed by atoms with E-state index >= 15 is 0 Å². The van der Waals surface area contributed by atoms with Crippen molar-refractivity contribution >= 4 is 31.6 Å². The molecule has 26 heavy (non-hydrogen) atoms. The lowest BCUT2D eigenvalue weighted by Crippen LogP contribution is -2.13. The van der Waals surface area contributed by atoms with Gasteiger partial charge in [0.2, 0.25) is 0 Å². The molecule has 0 fully saturated rings. The number of hydrogen-bond acceptors (Lipinski definition) is 2. The van der Waals surface area contributed by atoms with Gasteiger partial charge in [-0.2, -0.15) is 0 Å². The van der Waals surface area contributed by atoms with Crippen molar-refractivity contribution in [1.29, 1.82) is 0 Å². The molecule has 3 aromatic rings. The summed E-state index contributed by atoms with van der Waals surface area (Å²) in [6, 6.07) is 21.6. The van der Waals surface area contributed by atoms with Crippen LogP contribution in [0.5, 0.6) is 0 Å². The van der Waals surface area contributed by atoms with E-state index in [0.29, 0.717) is 11.3 Å². The number of sulfonamides is 1. The van der Waals surface area contributed by atoms with E-state index < -0.39 is 10.0 Å². The Balaban J connectivity index is 1.96. The van der Waals surface area contributed by atoms with Gasteiger partial charge in [-0.3, -0.25) is 4.72 Å². The van der Waals surface area contributed by atoms with Crippen molar-refractivity contribution in [3.63, 3.8) is 0 Å². The van der Waals surface area contributed by atoms with Crippen molar-refractivity contribution in [1.82, 2.24) is 0 Å². The van der Waals surface area contributed by atoms with E-state index in [9.17, 15) is 8.42 Å². The zero-order valence-electron chi connectivity index (χ0n) is 14.0. The monoisotopic (exact) mass is 425 g/mol. The minimum absolute atomic E-state index is 0.213. The van der Waals surface area contributed by atoms with Crippen LogP contribution >= 0.6 is 15.9 Å².